The minimum Gasteiger partial charge on any atom is -0.350 e. The molecular weight excluding hydrogens is 370 g/mol. The first-order valence-corrected chi connectivity index (χ1v) is 10.7. The standard InChI is InChI=1S/C22H25N3O2S/c26-21(14-19-22(27)25-17-11-5-4-10-16(17)23-19)24-18-12-6-7-13-20(18)28-15-8-2-1-3-9-15/h1-3,6-9,12-13,16-17,19,23H,4-5,10-11,14H2,(H,24,26)(H,25,27)/t16-,17-,19+/m1/s1. The lowest BCUT2D eigenvalue weighted by molar-refractivity contribution is -0.129. The van der Waals surface area contributed by atoms with E-state index in [-0.39, 0.29) is 30.3 Å². The molecule has 28 heavy (non-hydrogen) atoms. The molecule has 1 saturated heterocycles. The minimum absolute atomic E-state index is 0.0646. The average molecular weight is 396 g/mol. The molecule has 0 unspecified atom stereocenters. The number of anilines is 1. The normalized spacial score (nSPS) is 24.1. The van der Waals surface area contributed by atoms with E-state index in [0.717, 1.165) is 34.7 Å². The zero-order valence-corrected chi connectivity index (χ0v) is 16.5. The fourth-order valence-electron chi connectivity index (χ4n) is 3.93. The average Bonchev–Trinajstić information content (AvgIpc) is 2.71. The quantitative estimate of drug-likeness (QED) is 0.724. The van der Waals surface area contributed by atoms with E-state index < -0.39 is 6.04 Å². The molecular formula is C22H25N3O2S. The van der Waals surface area contributed by atoms with Gasteiger partial charge in [0.15, 0.2) is 0 Å². The maximum absolute atomic E-state index is 12.7. The van der Waals surface area contributed by atoms with Gasteiger partial charge in [-0.05, 0) is 37.1 Å². The van der Waals surface area contributed by atoms with Crippen molar-refractivity contribution in [2.45, 2.75) is 60.0 Å². The van der Waals surface area contributed by atoms with Crippen LogP contribution in [0.3, 0.4) is 0 Å². The van der Waals surface area contributed by atoms with Crippen LogP contribution >= 0.6 is 11.8 Å². The number of amides is 2. The second kappa shape index (κ2) is 8.80. The summed E-state index contributed by atoms with van der Waals surface area (Å²) in [5.74, 6) is -0.215. The molecule has 1 aliphatic heterocycles. The number of piperazine rings is 1. The monoisotopic (exact) mass is 395 g/mol. The number of carbonyl (C=O) groups is 2. The number of hydrogen-bond donors (Lipinski definition) is 3. The SMILES string of the molecule is O=C(C[C@@H]1N[C@@H]2CCCC[C@H]2NC1=O)Nc1ccccc1Sc1ccccc1. The van der Waals surface area contributed by atoms with Gasteiger partial charge in [-0.1, -0.05) is 54.9 Å². The van der Waals surface area contributed by atoms with Crippen molar-refractivity contribution in [3.8, 4) is 0 Å². The summed E-state index contributed by atoms with van der Waals surface area (Å²) in [7, 11) is 0. The van der Waals surface area contributed by atoms with E-state index in [4.69, 9.17) is 0 Å². The summed E-state index contributed by atoms with van der Waals surface area (Å²) in [4.78, 5) is 27.1. The molecule has 5 nitrogen and oxygen atoms in total. The van der Waals surface area contributed by atoms with Crippen LogP contribution in [0.4, 0.5) is 5.69 Å². The summed E-state index contributed by atoms with van der Waals surface area (Å²) in [5.41, 5.74) is 0.771. The van der Waals surface area contributed by atoms with E-state index in [1.54, 1.807) is 11.8 Å². The van der Waals surface area contributed by atoms with Crippen LogP contribution in [-0.2, 0) is 9.59 Å². The Labute approximate surface area is 169 Å². The summed E-state index contributed by atoms with van der Waals surface area (Å²) in [6.07, 6.45) is 4.54. The third-order valence-electron chi connectivity index (χ3n) is 5.35. The molecule has 146 valence electrons. The van der Waals surface area contributed by atoms with Gasteiger partial charge in [0, 0.05) is 21.9 Å². The number of para-hydroxylation sites is 1. The van der Waals surface area contributed by atoms with Crippen molar-refractivity contribution < 1.29 is 9.59 Å². The molecule has 3 N–H and O–H groups in total. The largest absolute Gasteiger partial charge is 0.350 e. The highest BCUT2D eigenvalue weighted by molar-refractivity contribution is 7.99. The Kier molecular flexibility index (Phi) is 5.98. The van der Waals surface area contributed by atoms with Gasteiger partial charge < -0.3 is 16.0 Å². The number of benzene rings is 2. The highest BCUT2D eigenvalue weighted by atomic mass is 32.2. The molecule has 0 bridgehead atoms. The summed E-state index contributed by atoms with van der Waals surface area (Å²) in [6.45, 7) is 0. The van der Waals surface area contributed by atoms with Crippen LogP contribution in [0, 0.1) is 0 Å². The Balaban J connectivity index is 1.39. The van der Waals surface area contributed by atoms with E-state index in [0.29, 0.717) is 0 Å². The molecule has 0 aromatic heterocycles. The molecule has 4 rings (SSSR count). The summed E-state index contributed by atoms with van der Waals surface area (Å²) < 4.78 is 0. The highest BCUT2D eigenvalue weighted by Crippen LogP contribution is 2.33. The third-order valence-corrected chi connectivity index (χ3v) is 6.43. The maximum atomic E-state index is 12.7. The van der Waals surface area contributed by atoms with Gasteiger partial charge in [-0.2, -0.15) is 0 Å². The van der Waals surface area contributed by atoms with Crippen molar-refractivity contribution in [3.63, 3.8) is 0 Å². The van der Waals surface area contributed by atoms with Gasteiger partial charge in [0.1, 0.15) is 0 Å². The molecule has 1 aliphatic carbocycles. The third kappa shape index (κ3) is 4.56. The Bertz CT molecular complexity index is 843. The first-order chi connectivity index (χ1) is 13.7. The fraction of sp³-hybridized carbons (Fsp3) is 0.364. The Hall–Kier alpha value is -2.31. The van der Waals surface area contributed by atoms with Crippen LogP contribution in [-0.4, -0.2) is 29.9 Å². The van der Waals surface area contributed by atoms with Crippen LogP contribution < -0.4 is 16.0 Å². The topological polar surface area (TPSA) is 70.2 Å². The Morgan fingerprint density at radius 1 is 1.00 bits per heavy atom. The van der Waals surface area contributed by atoms with Crippen molar-refractivity contribution in [2.24, 2.45) is 0 Å². The molecule has 3 atom stereocenters. The van der Waals surface area contributed by atoms with Crippen LogP contribution in [0.5, 0.6) is 0 Å². The van der Waals surface area contributed by atoms with Gasteiger partial charge in [0.05, 0.1) is 18.2 Å². The number of fused-ring (bicyclic) bond motifs is 1. The lowest BCUT2D eigenvalue weighted by Crippen LogP contribution is -2.65. The van der Waals surface area contributed by atoms with E-state index in [1.807, 2.05) is 54.6 Å². The van der Waals surface area contributed by atoms with Gasteiger partial charge in [-0.25, -0.2) is 0 Å². The zero-order chi connectivity index (χ0) is 19.3. The van der Waals surface area contributed by atoms with Gasteiger partial charge in [-0.3, -0.25) is 9.59 Å². The van der Waals surface area contributed by atoms with Gasteiger partial charge in [0.25, 0.3) is 0 Å². The van der Waals surface area contributed by atoms with E-state index in [2.05, 4.69) is 16.0 Å². The van der Waals surface area contributed by atoms with Crippen molar-refractivity contribution >= 4 is 29.3 Å². The van der Waals surface area contributed by atoms with Gasteiger partial charge in [0.2, 0.25) is 11.8 Å². The molecule has 0 radical (unpaired) electrons. The summed E-state index contributed by atoms with van der Waals surface area (Å²) >= 11 is 1.61. The molecule has 2 aliphatic rings. The number of carbonyl (C=O) groups excluding carboxylic acids is 2. The minimum atomic E-state index is -0.465. The molecule has 1 heterocycles. The van der Waals surface area contributed by atoms with E-state index in [1.165, 1.54) is 6.42 Å². The zero-order valence-electron chi connectivity index (χ0n) is 15.7. The van der Waals surface area contributed by atoms with Crippen molar-refractivity contribution in [1.82, 2.24) is 10.6 Å². The highest BCUT2D eigenvalue weighted by Gasteiger charge is 2.37. The van der Waals surface area contributed by atoms with Crippen molar-refractivity contribution in [1.29, 1.82) is 0 Å². The van der Waals surface area contributed by atoms with Gasteiger partial charge in [-0.15, -0.1) is 0 Å². The van der Waals surface area contributed by atoms with Crippen molar-refractivity contribution in [3.05, 3.63) is 54.6 Å². The smallest absolute Gasteiger partial charge is 0.237 e. The lowest BCUT2D eigenvalue weighted by Gasteiger charge is -2.40. The second-order valence-corrected chi connectivity index (χ2v) is 8.50. The Morgan fingerprint density at radius 2 is 1.71 bits per heavy atom. The molecule has 2 amide bonds. The van der Waals surface area contributed by atoms with E-state index in [9.17, 15) is 9.59 Å². The van der Waals surface area contributed by atoms with Crippen LogP contribution in [0.15, 0.2) is 64.4 Å². The first kappa shape index (κ1) is 19.0. The molecule has 1 saturated carbocycles. The second-order valence-electron chi connectivity index (χ2n) is 7.39. The van der Waals surface area contributed by atoms with Crippen LogP contribution in [0.2, 0.25) is 0 Å². The molecule has 2 aromatic carbocycles. The fourth-order valence-corrected chi connectivity index (χ4v) is 4.86. The Morgan fingerprint density at radius 3 is 2.54 bits per heavy atom. The summed E-state index contributed by atoms with van der Waals surface area (Å²) in [6, 6.07) is 17.8. The lowest BCUT2D eigenvalue weighted by atomic mass is 9.87. The molecule has 6 heteroatoms. The van der Waals surface area contributed by atoms with Gasteiger partial charge >= 0.3 is 0 Å². The van der Waals surface area contributed by atoms with Crippen molar-refractivity contribution in [2.75, 3.05) is 5.32 Å². The van der Waals surface area contributed by atoms with Crippen LogP contribution in [0.25, 0.3) is 0 Å². The molecule has 0 spiro atoms. The molecule has 2 fully saturated rings. The molecule has 2 aromatic rings. The number of nitrogens with one attached hydrogen (secondary N) is 3. The van der Waals surface area contributed by atoms with Crippen LogP contribution in [0.1, 0.15) is 32.1 Å². The number of rotatable bonds is 5. The first-order valence-electron chi connectivity index (χ1n) is 9.87. The van der Waals surface area contributed by atoms with E-state index >= 15 is 0 Å². The maximum Gasteiger partial charge on any atom is 0.237 e. The summed E-state index contributed by atoms with van der Waals surface area (Å²) in [5, 5.41) is 9.49. The predicted molar refractivity (Wildman–Crippen MR) is 111 cm³/mol. The number of hydrogen-bond acceptors (Lipinski definition) is 4. The predicted octanol–water partition coefficient (Wildman–Crippen LogP) is 3.57.